The molecule has 0 spiro atoms. The SMILES string of the molecule is CC[C@H]1OC(=O)[C@H](C)[C@@H](O[C@H]2C[C@@](C)(OC)[C@@H](O)[C@H](C)O2)[C@H](C)[C@@H](O[C@@H]2O[C@H](C)C[C@H](N(C)C)[C@H]2OC(C)=O)[C@@]2(C)C[C@@H](C)N(CO2)C[C@H](C)[C@@H](O)[C@]1(C)O. The summed E-state index contributed by atoms with van der Waals surface area (Å²) in [5, 5.41) is 34.3. The molecule has 1 unspecified atom stereocenters. The Kier molecular flexibility index (Phi) is 15.3. The first kappa shape index (κ1) is 46.2. The maximum Gasteiger partial charge on any atom is 0.311 e. The minimum atomic E-state index is -1.77. The largest absolute Gasteiger partial charge is 0.459 e. The molecule has 0 aromatic carbocycles. The minimum Gasteiger partial charge on any atom is -0.459 e. The van der Waals surface area contributed by atoms with Crippen LogP contribution in [0.25, 0.3) is 0 Å². The van der Waals surface area contributed by atoms with E-state index in [-0.39, 0.29) is 37.8 Å². The predicted molar refractivity (Wildman–Crippen MR) is 202 cm³/mol. The first-order valence-corrected chi connectivity index (χ1v) is 20.2. The summed E-state index contributed by atoms with van der Waals surface area (Å²) in [6.45, 7) is 20.3. The van der Waals surface area contributed by atoms with Gasteiger partial charge in [-0.05, 0) is 87.7 Å². The van der Waals surface area contributed by atoms with Crippen molar-refractivity contribution in [2.45, 2.75) is 192 Å². The van der Waals surface area contributed by atoms with Crippen LogP contribution in [-0.4, -0.2) is 162 Å². The smallest absolute Gasteiger partial charge is 0.311 e. The van der Waals surface area contributed by atoms with Gasteiger partial charge in [0.05, 0.1) is 53.7 Å². The molecule has 15 heteroatoms. The van der Waals surface area contributed by atoms with Crippen molar-refractivity contribution in [3.05, 3.63) is 0 Å². The van der Waals surface area contributed by atoms with Crippen LogP contribution < -0.4 is 0 Å². The molecule has 320 valence electrons. The third kappa shape index (κ3) is 10.0. The topological polar surface area (TPSA) is 175 Å². The first-order chi connectivity index (χ1) is 25.5. The number of hydrogen-bond donors (Lipinski definition) is 3. The Morgan fingerprint density at radius 3 is 2.20 bits per heavy atom. The van der Waals surface area contributed by atoms with Crippen LogP contribution >= 0.6 is 0 Å². The summed E-state index contributed by atoms with van der Waals surface area (Å²) in [5.41, 5.74) is -3.77. The molecule has 55 heavy (non-hydrogen) atoms. The highest BCUT2D eigenvalue weighted by molar-refractivity contribution is 5.73. The summed E-state index contributed by atoms with van der Waals surface area (Å²) < 4.78 is 51.3. The van der Waals surface area contributed by atoms with Crippen LogP contribution in [0.4, 0.5) is 0 Å². The second-order valence-electron chi connectivity index (χ2n) is 17.8. The van der Waals surface area contributed by atoms with E-state index in [1.165, 1.54) is 21.0 Å². The zero-order valence-electron chi connectivity index (χ0n) is 35.7. The summed E-state index contributed by atoms with van der Waals surface area (Å²) >= 11 is 0. The van der Waals surface area contributed by atoms with Crippen molar-refractivity contribution in [2.75, 3.05) is 34.5 Å². The van der Waals surface area contributed by atoms with E-state index < -0.39 is 102 Å². The maximum absolute atomic E-state index is 14.3. The summed E-state index contributed by atoms with van der Waals surface area (Å²) in [5.74, 6) is -3.11. The molecular formula is C40H72N2O13. The quantitative estimate of drug-likeness (QED) is 0.306. The van der Waals surface area contributed by atoms with E-state index in [4.69, 9.17) is 37.9 Å². The van der Waals surface area contributed by atoms with Crippen molar-refractivity contribution < 1.29 is 62.8 Å². The molecule has 0 saturated carbocycles. The number of carbonyl (C=O) groups excluding carboxylic acids is 2. The van der Waals surface area contributed by atoms with Gasteiger partial charge in [0.15, 0.2) is 18.7 Å². The number of carbonyl (C=O) groups is 2. The molecular weight excluding hydrogens is 716 g/mol. The lowest BCUT2D eigenvalue weighted by Gasteiger charge is -2.52. The Hall–Kier alpha value is -1.50. The average molecular weight is 789 g/mol. The van der Waals surface area contributed by atoms with E-state index in [1.807, 2.05) is 46.7 Å². The van der Waals surface area contributed by atoms with E-state index in [1.54, 1.807) is 27.7 Å². The Morgan fingerprint density at radius 2 is 1.64 bits per heavy atom. The number of esters is 2. The fraction of sp³-hybridized carbons (Fsp3) is 0.950. The van der Waals surface area contributed by atoms with Gasteiger partial charge < -0.3 is 58.1 Å². The fourth-order valence-electron chi connectivity index (χ4n) is 9.36. The molecule has 15 nitrogen and oxygen atoms in total. The summed E-state index contributed by atoms with van der Waals surface area (Å²) in [4.78, 5) is 31.0. The molecule has 0 radical (unpaired) electrons. The van der Waals surface area contributed by atoms with Crippen molar-refractivity contribution in [2.24, 2.45) is 17.8 Å². The van der Waals surface area contributed by atoms with Gasteiger partial charge in [-0.1, -0.05) is 20.8 Å². The van der Waals surface area contributed by atoms with Gasteiger partial charge >= 0.3 is 11.9 Å². The van der Waals surface area contributed by atoms with Crippen molar-refractivity contribution in [1.82, 2.24) is 9.80 Å². The molecule has 5 aliphatic rings. The number of ether oxygens (including phenoxy) is 8. The van der Waals surface area contributed by atoms with E-state index in [0.717, 1.165) is 0 Å². The predicted octanol–water partition coefficient (Wildman–Crippen LogP) is 2.84. The molecule has 5 saturated heterocycles. The zero-order chi connectivity index (χ0) is 41.4. The number of rotatable bonds is 8. The van der Waals surface area contributed by atoms with Gasteiger partial charge in [0.25, 0.3) is 0 Å². The molecule has 19 atom stereocenters. The molecule has 5 heterocycles. The van der Waals surface area contributed by atoms with Gasteiger partial charge in [-0.25, -0.2) is 0 Å². The van der Waals surface area contributed by atoms with Gasteiger partial charge in [0, 0.05) is 39.0 Å². The molecule has 0 aromatic rings. The van der Waals surface area contributed by atoms with Gasteiger partial charge in [-0.2, -0.15) is 0 Å². The van der Waals surface area contributed by atoms with Gasteiger partial charge in [-0.15, -0.1) is 0 Å². The molecule has 5 fully saturated rings. The van der Waals surface area contributed by atoms with Crippen LogP contribution in [0, 0.1) is 17.8 Å². The highest BCUT2D eigenvalue weighted by Gasteiger charge is 2.55. The lowest BCUT2D eigenvalue weighted by Crippen LogP contribution is -2.63. The van der Waals surface area contributed by atoms with Crippen molar-refractivity contribution in [3.63, 3.8) is 0 Å². The Balaban J connectivity index is 1.87. The van der Waals surface area contributed by atoms with Crippen LogP contribution in [0.5, 0.6) is 0 Å². The fourth-order valence-corrected chi connectivity index (χ4v) is 9.36. The Bertz CT molecular complexity index is 1290. The number of aliphatic hydroxyl groups excluding tert-OH is 2. The standard InChI is InChI=1S/C40H72N2O13/c1-15-29-40(11,47)33(44)21(2)19-42-20-49-39(10,17-22(42)3)35(55-37-32(52-27(8)43)28(41(12)13)16-23(4)50-37)24(5)31(25(6)36(46)53-29)54-30-18-38(9,48-14)34(45)26(7)51-30/h21-26,28-35,37,44-45,47H,15-20H2,1-14H3/t21-,22+,23+,24-,25+,26-,28-,29+,30-,31-,32+,33+,34-,35+,37-,38+,39+,40+/m0/s1. The second-order valence-corrected chi connectivity index (χ2v) is 17.8. The average Bonchev–Trinajstić information content (AvgIpc) is 3.10. The molecule has 2 bridgehead atoms. The number of fused-ring (bicyclic) bond motifs is 12. The summed E-state index contributed by atoms with van der Waals surface area (Å²) in [6, 6.07) is -0.276. The number of hydrogen-bond acceptors (Lipinski definition) is 15. The molecule has 5 aliphatic heterocycles. The van der Waals surface area contributed by atoms with Crippen LogP contribution in [0.1, 0.15) is 102 Å². The Morgan fingerprint density at radius 1 is 0.982 bits per heavy atom. The number of aliphatic hydroxyl groups is 3. The van der Waals surface area contributed by atoms with Crippen LogP contribution in [0.2, 0.25) is 0 Å². The molecule has 0 aromatic heterocycles. The summed E-state index contributed by atoms with van der Waals surface area (Å²) in [6.07, 6.45) is -7.05. The van der Waals surface area contributed by atoms with E-state index >= 15 is 0 Å². The van der Waals surface area contributed by atoms with E-state index in [0.29, 0.717) is 19.4 Å². The van der Waals surface area contributed by atoms with Crippen molar-refractivity contribution in [3.8, 4) is 0 Å². The van der Waals surface area contributed by atoms with Crippen molar-refractivity contribution in [1.29, 1.82) is 0 Å². The highest BCUT2D eigenvalue weighted by atomic mass is 16.7. The third-order valence-electron chi connectivity index (χ3n) is 12.9. The maximum atomic E-state index is 14.3. The molecule has 0 aliphatic carbocycles. The van der Waals surface area contributed by atoms with Crippen molar-refractivity contribution >= 4 is 11.9 Å². The van der Waals surface area contributed by atoms with Gasteiger partial charge in [0.2, 0.25) is 0 Å². The molecule has 3 N–H and O–H groups in total. The third-order valence-corrected chi connectivity index (χ3v) is 12.9. The highest BCUT2D eigenvalue weighted by Crippen LogP contribution is 2.43. The first-order valence-electron chi connectivity index (χ1n) is 20.2. The molecule has 0 amide bonds. The van der Waals surface area contributed by atoms with Crippen LogP contribution in [-0.2, 0) is 47.5 Å². The van der Waals surface area contributed by atoms with Gasteiger partial charge in [-0.3, -0.25) is 14.5 Å². The Labute approximate surface area is 328 Å². The second kappa shape index (κ2) is 18.2. The normalized spacial score (nSPS) is 49.2. The zero-order valence-corrected chi connectivity index (χ0v) is 35.7. The van der Waals surface area contributed by atoms with E-state index in [9.17, 15) is 24.9 Å². The summed E-state index contributed by atoms with van der Waals surface area (Å²) in [7, 11) is 5.38. The number of likely N-dealkylation sites (N-methyl/N-ethyl adjacent to an activating group) is 1. The monoisotopic (exact) mass is 789 g/mol. The number of nitrogens with zero attached hydrogens (tertiary/aromatic N) is 2. The van der Waals surface area contributed by atoms with Gasteiger partial charge in [0.1, 0.15) is 24.5 Å². The number of methoxy groups -OCH3 is 1. The lowest BCUT2D eigenvalue weighted by atomic mass is 9.78. The van der Waals surface area contributed by atoms with E-state index in [2.05, 4.69) is 11.8 Å². The van der Waals surface area contributed by atoms with Crippen LogP contribution in [0.15, 0.2) is 0 Å². The minimum absolute atomic E-state index is 0.0603. The molecule has 5 rings (SSSR count). The van der Waals surface area contributed by atoms with Crippen LogP contribution in [0.3, 0.4) is 0 Å². The lowest BCUT2D eigenvalue weighted by molar-refractivity contribution is -0.327.